The molecule has 4 rings (SSSR count). The van der Waals surface area contributed by atoms with Crippen molar-refractivity contribution in [2.75, 3.05) is 25.5 Å². The molecule has 0 unspecified atom stereocenters. The predicted octanol–water partition coefficient (Wildman–Crippen LogP) is 2.99. The largest absolute Gasteiger partial charge is 0.466 e. The van der Waals surface area contributed by atoms with Crippen LogP contribution in [0.15, 0.2) is 60.8 Å². The van der Waals surface area contributed by atoms with E-state index in [0.29, 0.717) is 12.0 Å². The summed E-state index contributed by atoms with van der Waals surface area (Å²) < 4.78 is 5.14. The molecular formula is C23H28N2O3. The summed E-state index contributed by atoms with van der Waals surface area (Å²) >= 11 is 0. The molecule has 28 heavy (non-hydrogen) atoms. The number of aliphatic hydroxyl groups is 1. The second kappa shape index (κ2) is 6.61. The Morgan fingerprint density at radius 2 is 2.21 bits per heavy atom. The van der Waals surface area contributed by atoms with E-state index < -0.39 is 5.60 Å². The third-order valence-corrected chi connectivity index (χ3v) is 6.87. The molecule has 1 aliphatic carbocycles. The lowest BCUT2D eigenvalue weighted by Crippen LogP contribution is -2.57. The average Bonchev–Trinajstić information content (AvgIpc) is 3.24. The van der Waals surface area contributed by atoms with Gasteiger partial charge >= 0.3 is 5.97 Å². The maximum Gasteiger partial charge on any atom is 0.335 e. The molecule has 1 spiro atoms. The van der Waals surface area contributed by atoms with Gasteiger partial charge in [-0.25, -0.2) is 4.79 Å². The minimum atomic E-state index is -1.12. The van der Waals surface area contributed by atoms with Crippen molar-refractivity contribution in [3.05, 3.63) is 66.4 Å². The van der Waals surface area contributed by atoms with Crippen LogP contribution in [0, 0.1) is 5.92 Å². The van der Waals surface area contributed by atoms with E-state index in [-0.39, 0.29) is 23.3 Å². The lowest BCUT2D eigenvalue weighted by atomic mass is 9.60. The van der Waals surface area contributed by atoms with Gasteiger partial charge in [0.25, 0.3) is 0 Å². The van der Waals surface area contributed by atoms with Crippen molar-refractivity contribution < 1.29 is 14.6 Å². The van der Waals surface area contributed by atoms with E-state index in [1.165, 1.54) is 12.7 Å². The van der Waals surface area contributed by atoms with Crippen molar-refractivity contribution in [1.29, 1.82) is 0 Å². The fourth-order valence-corrected chi connectivity index (χ4v) is 5.58. The van der Waals surface area contributed by atoms with Crippen molar-refractivity contribution >= 4 is 11.7 Å². The Morgan fingerprint density at radius 1 is 1.46 bits per heavy atom. The van der Waals surface area contributed by atoms with Crippen LogP contribution >= 0.6 is 0 Å². The van der Waals surface area contributed by atoms with E-state index in [1.54, 1.807) is 13.0 Å². The topological polar surface area (TPSA) is 61.8 Å². The number of ether oxygens (including phenoxy) is 1. The molecule has 2 N–H and O–H groups in total. The summed E-state index contributed by atoms with van der Waals surface area (Å²) in [6.45, 7) is 11.2. The number of carbonyl (C=O) groups is 1. The summed E-state index contributed by atoms with van der Waals surface area (Å²) in [4.78, 5) is 15.1. The van der Waals surface area contributed by atoms with Gasteiger partial charge in [0.2, 0.25) is 0 Å². The van der Waals surface area contributed by atoms with Gasteiger partial charge in [0.15, 0.2) is 0 Å². The number of likely N-dealkylation sites (tertiary alicyclic amines) is 1. The monoisotopic (exact) mass is 380 g/mol. The number of hydrogen-bond acceptors (Lipinski definition) is 5. The molecule has 5 nitrogen and oxygen atoms in total. The molecule has 3 aliphatic rings. The van der Waals surface area contributed by atoms with Crippen molar-refractivity contribution in [2.45, 2.75) is 36.8 Å². The standard InChI is InChI=1S/C23H28N2O3/c1-5-12-25-13-11-23-16-9-7-8-10-18(16)24-19(23)15(21(26)28-4)14-17(20(23)25)22(3,27)6-2/h5-10,17,20,24,27H,1-2,11-14H2,3-4H3/t17-,20+,22+,23+/m1/s1. The lowest BCUT2D eigenvalue weighted by Gasteiger charge is -2.49. The first-order valence-corrected chi connectivity index (χ1v) is 9.80. The summed E-state index contributed by atoms with van der Waals surface area (Å²) in [6.07, 6.45) is 4.81. The Kier molecular flexibility index (Phi) is 4.47. The number of carbonyl (C=O) groups excluding carboxylic acids is 1. The zero-order valence-electron chi connectivity index (χ0n) is 16.6. The van der Waals surface area contributed by atoms with Crippen LogP contribution < -0.4 is 5.32 Å². The first-order chi connectivity index (χ1) is 13.4. The average molecular weight is 380 g/mol. The maximum absolute atomic E-state index is 12.8. The predicted molar refractivity (Wildman–Crippen MR) is 110 cm³/mol. The number of rotatable bonds is 5. The molecule has 0 radical (unpaired) electrons. The molecule has 0 saturated carbocycles. The van der Waals surface area contributed by atoms with Gasteiger partial charge in [-0.15, -0.1) is 13.2 Å². The number of nitrogens with zero attached hydrogens (tertiary/aromatic N) is 1. The molecule has 4 atom stereocenters. The molecule has 2 heterocycles. The second-order valence-corrected chi connectivity index (χ2v) is 8.21. The zero-order chi connectivity index (χ0) is 20.1. The smallest absolute Gasteiger partial charge is 0.335 e. The Morgan fingerprint density at radius 3 is 2.89 bits per heavy atom. The Hall–Kier alpha value is -2.37. The number of anilines is 1. The van der Waals surface area contributed by atoms with Gasteiger partial charge in [0, 0.05) is 36.4 Å². The highest BCUT2D eigenvalue weighted by Crippen LogP contribution is 2.60. The third-order valence-electron chi connectivity index (χ3n) is 6.87. The Labute approximate surface area is 166 Å². The van der Waals surface area contributed by atoms with E-state index in [2.05, 4.69) is 35.5 Å². The summed E-state index contributed by atoms with van der Waals surface area (Å²) in [5.41, 5.74) is 2.29. The molecule has 1 saturated heterocycles. The van der Waals surface area contributed by atoms with Gasteiger partial charge in [0.05, 0.1) is 23.7 Å². The number of nitrogens with one attached hydrogen (secondary N) is 1. The zero-order valence-corrected chi connectivity index (χ0v) is 16.6. The van der Waals surface area contributed by atoms with Crippen LogP contribution in [0.25, 0.3) is 0 Å². The number of para-hydroxylation sites is 1. The van der Waals surface area contributed by atoms with Crippen molar-refractivity contribution in [2.24, 2.45) is 5.92 Å². The van der Waals surface area contributed by atoms with Crippen LogP contribution in [-0.2, 0) is 14.9 Å². The number of hydrogen-bond donors (Lipinski definition) is 2. The van der Waals surface area contributed by atoms with E-state index in [4.69, 9.17) is 4.74 Å². The van der Waals surface area contributed by atoms with E-state index >= 15 is 0 Å². The van der Waals surface area contributed by atoms with Crippen LogP contribution in [0.4, 0.5) is 5.69 Å². The van der Waals surface area contributed by atoms with Gasteiger partial charge in [0.1, 0.15) is 0 Å². The highest BCUT2D eigenvalue weighted by Gasteiger charge is 2.63. The highest BCUT2D eigenvalue weighted by atomic mass is 16.5. The quantitative estimate of drug-likeness (QED) is 0.607. The Balaban J connectivity index is 1.99. The van der Waals surface area contributed by atoms with Crippen LogP contribution in [0.2, 0.25) is 0 Å². The fraction of sp³-hybridized carbons (Fsp3) is 0.435. The van der Waals surface area contributed by atoms with Crippen LogP contribution in [-0.4, -0.2) is 47.8 Å². The lowest BCUT2D eigenvalue weighted by molar-refractivity contribution is -0.137. The molecule has 0 aromatic heterocycles. The highest BCUT2D eigenvalue weighted by molar-refractivity contribution is 5.93. The molecular weight excluding hydrogens is 352 g/mol. The van der Waals surface area contributed by atoms with Crippen LogP contribution in [0.3, 0.4) is 0 Å². The van der Waals surface area contributed by atoms with Crippen molar-refractivity contribution in [3.8, 4) is 0 Å². The first kappa shape index (κ1) is 19.0. The van der Waals surface area contributed by atoms with E-state index in [1.807, 2.05) is 18.2 Å². The molecule has 2 aliphatic heterocycles. The minimum absolute atomic E-state index is 0.0260. The molecule has 1 aromatic carbocycles. The molecule has 1 fully saturated rings. The molecule has 1 aromatic rings. The maximum atomic E-state index is 12.8. The second-order valence-electron chi connectivity index (χ2n) is 8.21. The van der Waals surface area contributed by atoms with Gasteiger partial charge in [-0.3, -0.25) is 4.90 Å². The molecule has 148 valence electrons. The number of esters is 1. The van der Waals surface area contributed by atoms with E-state index in [9.17, 15) is 9.90 Å². The summed E-state index contributed by atoms with van der Waals surface area (Å²) in [5.74, 6) is -0.529. The third kappa shape index (κ3) is 2.43. The summed E-state index contributed by atoms with van der Waals surface area (Å²) in [6, 6.07) is 8.26. The van der Waals surface area contributed by atoms with Gasteiger partial charge < -0.3 is 15.2 Å². The van der Waals surface area contributed by atoms with Crippen LogP contribution in [0.5, 0.6) is 0 Å². The number of methoxy groups -OCH3 is 1. The van der Waals surface area contributed by atoms with Gasteiger partial charge in [-0.1, -0.05) is 30.4 Å². The van der Waals surface area contributed by atoms with Gasteiger partial charge in [-0.05, 0) is 31.4 Å². The summed E-state index contributed by atoms with van der Waals surface area (Å²) in [5, 5.41) is 14.8. The minimum Gasteiger partial charge on any atom is -0.466 e. The molecule has 0 amide bonds. The van der Waals surface area contributed by atoms with Crippen LogP contribution in [0.1, 0.15) is 25.3 Å². The number of benzene rings is 1. The number of fused-ring (bicyclic) bond motifs is 1. The Bertz CT molecular complexity index is 872. The van der Waals surface area contributed by atoms with Gasteiger partial charge in [-0.2, -0.15) is 0 Å². The normalized spacial score (nSPS) is 30.5. The molecule has 5 heteroatoms. The first-order valence-electron chi connectivity index (χ1n) is 9.80. The fourth-order valence-electron chi connectivity index (χ4n) is 5.58. The van der Waals surface area contributed by atoms with E-state index in [0.717, 1.165) is 30.9 Å². The molecule has 0 bridgehead atoms. The summed E-state index contributed by atoms with van der Waals surface area (Å²) in [7, 11) is 1.41. The SMILES string of the molecule is C=CCN1CC[C@]23C(=C(C(=O)OC)C[C@@H]([C@@](C)(O)C=C)[C@H]12)Nc1ccccc13. The van der Waals surface area contributed by atoms with Crippen molar-refractivity contribution in [1.82, 2.24) is 4.90 Å². The van der Waals surface area contributed by atoms with Crippen molar-refractivity contribution in [3.63, 3.8) is 0 Å².